The molecule has 2 heterocycles. The molecule has 18 heteroatoms. The van der Waals surface area contributed by atoms with Crippen LogP contribution in [0.4, 0.5) is 24.5 Å². The molecule has 2 N–H and O–H groups in total. The fourth-order valence-electron chi connectivity index (χ4n) is 8.29. The first-order valence-electron chi connectivity index (χ1n) is 21.5. The summed E-state index contributed by atoms with van der Waals surface area (Å²) in [6.07, 6.45) is 5.61. The Morgan fingerprint density at radius 1 is 0.812 bits per heavy atom. The molecule has 0 radical (unpaired) electrons. The van der Waals surface area contributed by atoms with Crippen molar-refractivity contribution in [3.63, 3.8) is 0 Å². The zero-order valence-corrected chi connectivity index (χ0v) is 38.6. The number of hydrogen-bond donors (Lipinski definition) is 2. The summed E-state index contributed by atoms with van der Waals surface area (Å²) >= 11 is 7.60. The third kappa shape index (κ3) is 12.4. The van der Waals surface area contributed by atoms with Crippen LogP contribution in [0.1, 0.15) is 54.4 Å². The van der Waals surface area contributed by atoms with Crippen LogP contribution in [-0.2, 0) is 24.6 Å². The second kappa shape index (κ2) is 21.5. The number of nitrogens with one attached hydrogen (secondary N) is 2. The normalized spacial score (nSPS) is 17.6. The molecule has 0 aromatic heterocycles. The predicted molar refractivity (Wildman–Crippen MR) is 247 cm³/mol. The largest absolute Gasteiger partial charge is 0.501 e. The van der Waals surface area contributed by atoms with Crippen LogP contribution in [0.2, 0.25) is 5.02 Å². The Bertz CT molecular complexity index is 2460. The summed E-state index contributed by atoms with van der Waals surface area (Å²) in [5.74, 6) is -0.635. The van der Waals surface area contributed by atoms with E-state index in [0.717, 1.165) is 86.4 Å². The fraction of sp³-hybridized carbons (Fsp3) is 0.413. The molecule has 0 bridgehead atoms. The average Bonchev–Trinajstić information content (AvgIpc) is 3.29. The van der Waals surface area contributed by atoms with Crippen LogP contribution in [0.25, 0.3) is 5.57 Å². The van der Waals surface area contributed by atoms with Crippen molar-refractivity contribution in [1.29, 1.82) is 0 Å². The van der Waals surface area contributed by atoms with Gasteiger partial charge in [-0.15, -0.1) is 11.8 Å². The number of benzene rings is 4. The molecule has 1 atom stereocenters. The SMILES string of the molecule is O=C(NS(=O)(=O)c1ccc(N[C@H](CCCN2CCOCC2)CSc2ccccc2)c(S(=O)(=O)C(F)(F)F)c1)c1ccc(N2CCN(CC3=C(c4ccc(Cl)cc4)CCCC3)CC2)cc1. The second-order valence-corrected chi connectivity index (χ2v) is 21.3. The Hall–Kier alpha value is -4.10. The zero-order chi connectivity index (χ0) is 45.3. The first-order valence-corrected chi connectivity index (χ1v) is 25.8. The van der Waals surface area contributed by atoms with Crippen molar-refractivity contribution in [2.45, 2.75) is 64.8 Å². The molecule has 11 nitrogen and oxygen atoms in total. The van der Waals surface area contributed by atoms with Crippen molar-refractivity contribution in [1.82, 2.24) is 14.5 Å². The van der Waals surface area contributed by atoms with Crippen molar-refractivity contribution in [2.24, 2.45) is 0 Å². The predicted octanol–water partition coefficient (Wildman–Crippen LogP) is 8.59. The highest BCUT2D eigenvalue weighted by molar-refractivity contribution is 7.99. The van der Waals surface area contributed by atoms with E-state index in [2.05, 4.69) is 32.1 Å². The number of ether oxygens (including phenoxy) is 1. The van der Waals surface area contributed by atoms with Crippen LogP contribution < -0.4 is 14.9 Å². The lowest BCUT2D eigenvalue weighted by Crippen LogP contribution is -2.47. The summed E-state index contributed by atoms with van der Waals surface area (Å²) in [5, 5.41) is 3.72. The lowest BCUT2D eigenvalue weighted by Gasteiger charge is -2.37. The van der Waals surface area contributed by atoms with Gasteiger partial charge in [-0.25, -0.2) is 21.6 Å². The second-order valence-electron chi connectivity index (χ2n) is 16.2. The van der Waals surface area contributed by atoms with Crippen LogP contribution in [-0.4, -0.2) is 115 Å². The number of amides is 1. The number of morpholine rings is 1. The molecule has 0 unspecified atom stereocenters. The molecule has 3 aliphatic rings. The molecule has 0 spiro atoms. The van der Waals surface area contributed by atoms with Gasteiger partial charge in [0.25, 0.3) is 25.8 Å². The Morgan fingerprint density at radius 3 is 2.19 bits per heavy atom. The number of hydrogen-bond acceptors (Lipinski definition) is 11. The maximum absolute atomic E-state index is 14.2. The molecule has 7 rings (SSSR count). The summed E-state index contributed by atoms with van der Waals surface area (Å²) in [7, 11) is -10.9. The molecular formula is C46H53ClF3N5O6S3. The molecule has 4 aromatic rings. The Kier molecular flexibility index (Phi) is 16.1. The first-order chi connectivity index (χ1) is 30.7. The highest BCUT2D eigenvalue weighted by atomic mass is 35.5. The average molecular weight is 961 g/mol. The summed E-state index contributed by atoms with van der Waals surface area (Å²) in [5.41, 5.74) is -1.17. The molecule has 64 heavy (non-hydrogen) atoms. The first kappa shape index (κ1) is 47.9. The fourth-order valence-corrected chi connectivity index (χ4v) is 11.4. The maximum Gasteiger partial charge on any atom is 0.501 e. The van der Waals surface area contributed by atoms with Crippen molar-refractivity contribution in [3.8, 4) is 0 Å². The van der Waals surface area contributed by atoms with Gasteiger partial charge in [-0.05, 0) is 123 Å². The van der Waals surface area contributed by atoms with Crippen LogP contribution >= 0.6 is 23.4 Å². The van der Waals surface area contributed by atoms with Gasteiger partial charge >= 0.3 is 5.51 Å². The number of halogens is 4. The Labute approximate surface area is 383 Å². The molecule has 4 aromatic carbocycles. The van der Waals surface area contributed by atoms with Crippen LogP contribution in [0.15, 0.2) is 117 Å². The number of piperazine rings is 1. The van der Waals surface area contributed by atoms with E-state index in [1.165, 1.54) is 53.4 Å². The summed E-state index contributed by atoms with van der Waals surface area (Å²) in [4.78, 5) is 19.0. The standard InChI is InChI=1S/C46H53ClF3N5O6S3/c47-37-16-12-34(13-17-37)42-11-5-4-7-36(42)32-54-23-25-55(26-24-54)39-18-14-35(15-19-39)45(56)52-64(59,60)41-20-21-43(44(31-41)63(57,58)46(48,49)50)51-38(33-62-40-9-2-1-3-10-40)8-6-22-53-27-29-61-30-28-53/h1-3,9-10,12-21,31,38,51H,4-8,11,22-30,32-33H2,(H,52,56)/t38-/m1/s1. The van der Waals surface area contributed by atoms with Gasteiger partial charge < -0.3 is 15.0 Å². The number of thioether (sulfide) groups is 1. The number of sulfonamides is 1. The van der Waals surface area contributed by atoms with Crippen LogP contribution in [0.3, 0.4) is 0 Å². The van der Waals surface area contributed by atoms with E-state index in [9.17, 15) is 34.8 Å². The number of nitrogens with zero attached hydrogens (tertiary/aromatic N) is 3. The van der Waals surface area contributed by atoms with E-state index in [1.54, 1.807) is 12.1 Å². The Balaban J connectivity index is 1.01. The van der Waals surface area contributed by atoms with Crippen molar-refractivity contribution >= 4 is 66.1 Å². The van der Waals surface area contributed by atoms with E-state index in [1.807, 2.05) is 47.2 Å². The number of anilines is 2. The van der Waals surface area contributed by atoms with E-state index in [0.29, 0.717) is 44.4 Å². The molecule has 344 valence electrons. The van der Waals surface area contributed by atoms with Crippen molar-refractivity contribution < 1.29 is 39.5 Å². The zero-order valence-electron chi connectivity index (χ0n) is 35.4. The summed E-state index contributed by atoms with van der Waals surface area (Å²) in [6.45, 7) is 7.51. The summed E-state index contributed by atoms with van der Waals surface area (Å²) in [6, 6.07) is 25.8. The molecule has 2 fully saturated rings. The van der Waals surface area contributed by atoms with E-state index < -0.39 is 52.8 Å². The lowest BCUT2D eigenvalue weighted by molar-refractivity contribution is -0.0435. The minimum Gasteiger partial charge on any atom is -0.380 e. The number of alkyl halides is 3. The molecule has 2 saturated heterocycles. The lowest BCUT2D eigenvalue weighted by atomic mass is 9.87. The number of carbonyl (C=O) groups is 1. The highest BCUT2D eigenvalue weighted by Crippen LogP contribution is 2.37. The van der Waals surface area contributed by atoms with Crippen molar-refractivity contribution in [3.05, 3.63) is 119 Å². The van der Waals surface area contributed by atoms with Gasteiger partial charge in [-0.1, -0.05) is 47.5 Å². The number of carbonyl (C=O) groups excluding carboxylic acids is 1. The summed E-state index contributed by atoms with van der Waals surface area (Å²) < 4.78 is 103. The molecule has 2 aliphatic heterocycles. The van der Waals surface area contributed by atoms with Crippen molar-refractivity contribution in [2.75, 3.05) is 81.5 Å². The Morgan fingerprint density at radius 2 is 1.50 bits per heavy atom. The minimum atomic E-state index is -6.05. The maximum atomic E-state index is 14.2. The van der Waals surface area contributed by atoms with Gasteiger partial charge in [0, 0.05) is 78.8 Å². The molecular weight excluding hydrogens is 907 g/mol. The van der Waals surface area contributed by atoms with E-state index in [4.69, 9.17) is 16.3 Å². The molecule has 0 saturated carbocycles. The van der Waals surface area contributed by atoms with Gasteiger partial charge in [-0.2, -0.15) is 13.2 Å². The van der Waals surface area contributed by atoms with Crippen LogP contribution in [0.5, 0.6) is 0 Å². The number of allylic oxidation sites excluding steroid dienone is 1. The minimum absolute atomic E-state index is 0.00202. The highest BCUT2D eigenvalue weighted by Gasteiger charge is 2.48. The third-order valence-electron chi connectivity index (χ3n) is 11.8. The molecule has 1 amide bonds. The third-order valence-corrected chi connectivity index (χ3v) is 16.1. The van der Waals surface area contributed by atoms with Crippen LogP contribution in [0, 0.1) is 0 Å². The van der Waals surface area contributed by atoms with E-state index in [-0.39, 0.29) is 5.56 Å². The van der Waals surface area contributed by atoms with Gasteiger partial charge in [-0.3, -0.25) is 14.6 Å². The monoisotopic (exact) mass is 959 g/mol. The topological polar surface area (TPSA) is 128 Å². The molecule has 1 aliphatic carbocycles. The number of rotatable bonds is 17. The quantitative estimate of drug-likeness (QED) is 0.0989. The van der Waals surface area contributed by atoms with Gasteiger partial charge in [0.2, 0.25) is 0 Å². The van der Waals surface area contributed by atoms with Gasteiger partial charge in [0.15, 0.2) is 0 Å². The van der Waals surface area contributed by atoms with E-state index >= 15 is 0 Å². The smallest absolute Gasteiger partial charge is 0.380 e. The number of sulfone groups is 1. The van der Waals surface area contributed by atoms with Gasteiger partial charge in [0.1, 0.15) is 4.90 Å². The van der Waals surface area contributed by atoms with Gasteiger partial charge in [0.05, 0.1) is 23.8 Å².